The topological polar surface area (TPSA) is 118 Å². The minimum atomic E-state index is -5.39. The van der Waals surface area contributed by atoms with E-state index in [0.29, 0.717) is 13.1 Å². The van der Waals surface area contributed by atoms with Crippen molar-refractivity contribution in [1.82, 2.24) is 4.90 Å². The van der Waals surface area contributed by atoms with Crippen LogP contribution in [0.25, 0.3) is 0 Å². The molecule has 1 aromatic rings. The van der Waals surface area contributed by atoms with Crippen LogP contribution in [0.5, 0.6) is 5.75 Å². The first-order valence-electron chi connectivity index (χ1n) is 14.1. The van der Waals surface area contributed by atoms with Crippen LogP contribution in [0.2, 0.25) is 58.9 Å². The van der Waals surface area contributed by atoms with Crippen LogP contribution in [-0.2, 0) is 43.7 Å². The SMILES string of the molecule is COC(=O)[C@H]1CC(=O)CN1Cc1ccc(OC)cc1.C[Si](C)(C)OCCCO[Si](C)(C)C.C[Si](C)(C)OS(=O)(=O)C(F)(F)F. The molecule has 0 radical (unpaired) electrons. The van der Waals surface area contributed by atoms with Gasteiger partial charge in [-0.25, -0.2) is 0 Å². The van der Waals surface area contributed by atoms with Crippen molar-refractivity contribution in [3.8, 4) is 5.75 Å². The van der Waals surface area contributed by atoms with E-state index >= 15 is 0 Å². The lowest BCUT2D eigenvalue weighted by Crippen LogP contribution is -2.36. The molecule has 17 heteroatoms. The summed E-state index contributed by atoms with van der Waals surface area (Å²) < 4.78 is 81.0. The van der Waals surface area contributed by atoms with Gasteiger partial charge in [0, 0.05) is 26.2 Å². The van der Waals surface area contributed by atoms with Crippen molar-refractivity contribution in [3.05, 3.63) is 29.8 Å². The number of benzene rings is 1. The Morgan fingerprint density at radius 1 is 0.886 bits per heavy atom. The van der Waals surface area contributed by atoms with Gasteiger partial charge in [-0.2, -0.15) is 21.6 Å². The largest absolute Gasteiger partial charge is 0.522 e. The highest BCUT2D eigenvalue weighted by atomic mass is 32.2. The molecule has 1 aromatic carbocycles. The molecular formula is C27H50F3NO9SSi3. The van der Waals surface area contributed by atoms with Gasteiger partial charge >= 0.3 is 21.6 Å². The van der Waals surface area contributed by atoms with Gasteiger partial charge in [0.2, 0.25) is 8.32 Å². The van der Waals surface area contributed by atoms with Gasteiger partial charge in [0.1, 0.15) is 17.6 Å². The Morgan fingerprint density at radius 3 is 1.70 bits per heavy atom. The summed E-state index contributed by atoms with van der Waals surface area (Å²) in [4.78, 5) is 25.0. The van der Waals surface area contributed by atoms with E-state index in [2.05, 4.69) is 43.2 Å². The van der Waals surface area contributed by atoms with Crippen LogP contribution in [0.15, 0.2) is 24.3 Å². The predicted molar refractivity (Wildman–Crippen MR) is 171 cm³/mol. The molecule has 0 bridgehead atoms. The van der Waals surface area contributed by atoms with E-state index in [-0.39, 0.29) is 18.2 Å². The highest BCUT2D eigenvalue weighted by molar-refractivity contribution is 7.88. The van der Waals surface area contributed by atoms with Crippen LogP contribution in [0.3, 0.4) is 0 Å². The standard InChI is InChI=1S/C14H17NO4.C9H24O2Si2.C4H9F3O3SSi/c1-18-12-5-3-10(4-6-12)8-15-9-11(16)7-13(15)14(17)19-2;1-12(2,3)10-8-7-9-11-13(4,5)6;1-12(2,3)10-11(8,9)4(5,6)7/h3-6,13H,7-9H2,1-2H3;7-9H2,1-6H3;1-3H3/t13-;;/m1../s1. The zero-order valence-corrected chi connectivity index (χ0v) is 31.6. The second-order valence-electron chi connectivity index (χ2n) is 12.9. The van der Waals surface area contributed by atoms with Crippen molar-refractivity contribution in [3.63, 3.8) is 0 Å². The Hall–Kier alpha value is -1.61. The molecule has 1 fully saturated rings. The molecule has 2 rings (SSSR count). The molecule has 10 nitrogen and oxygen atoms in total. The van der Waals surface area contributed by atoms with Gasteiger partial charge in [0.15, 0.2) is 16.6 Å². The van der Waals surface area contributed by atoms with E-state index < -0.39 is 46.6 Å². The maximum atomic E-state index is 11.7. The molecule has 1 heterocycles. The van der Waals surface area contributed by atoms with Gasteiger partial charge in [0.05, 0.1) is 20.8 Å². The summed E-state index contributed by atoms with van der Waals surface area (Å²) in [5, 5.41) is 0. The van der Waals surface area contributed by atoms with E-state index in [1.54, 1.807) is 7.11 Å². The Morgan fingerprint density at radius 2 is 1.36 bits per heavy atom. The Balaban J connectivity index is 0.000000658. The maximum absolute atomic E-state index is 11.7. The number of ketones is 1. The molecular weight excluding hydrogens is 656 g/mol. The average molecular weight is 706 g/mol. The third-order valence-corrected chi connectivity index (χ3v) is 10.8. The van der Waals surface area contributed by atoms with Gasteiger partial charge in [0.25, 0.3) is 0 Å². The summed E-state index contributed by atoms with van der Waals surface area (Å²) >= 11 is 0. The highest BCUT2D eigenvalue weighted by Gasteiger charge is 2.49. The second-order valence-corrected chi connectivity index (χ2v) is 28.2. The first-order valence-corrected chi connectivity index (χ1v) is 25.7. The molecule has 1 saturated heterocycles. The second kappa shape index (κ2) is 17.9. The molecule has 256 valence electrons. The van der Waals surface area contributed by atoms with Crippen LogP contribution >= 0.6 is 0 Å². The summed E-state index contributed by atoms with van der Waals surface area (Å²) in [5.74, 6) is 0.508. The van der Waals surface area contributed by atoms with Crippen molar-refractivity contribution in [1.29, 1.82) is 0 Å². The number of nitrogens with zero attached hydrogens (tertiary/aromatic N) is 1. The first-order chi connectivity index (χ1) is 19.8. The van der Waals surface area contributed by atoms with Gasteiger partial charge < -0.3 is 22.2 Å². The number of likely N-dealkylation sites (tertiary alicyclic amines) is 1. The Bertz CT molecular complexity index is 1120. The summed E-state index contributed by atoms with van der Waals surface area (Å²) in [6.45, 7) is 19.9. The molecule has 0 unspecified atom stereocenters. The lowest BCUT2D eigenvalue weighted by atomic mass is 10.1. The van der Waals surface area contributed by atoms with Crippen LogP contribution in [0.4, 0.5) is 13.2 Å². The number of hydrogen-bond acceptors (Lipinski definition) is 10. The molecule has 1 aliphatic rings. The normalized spacial score (nSPS) is 16.4. The quantitative estimate of drug-likeness (QED) is 0.115. The summed E-state index contributed by atoms with van der Waals surface area (Å²) in [6.07, 6.45) is 1.28. The number of carbonyl (C=O) groups is 2. The fourth-order valence-electron chi connectivity index (χ4n) is 3.44. The molecule has 0 amide bonds. The number of hydrogen-bond donors (Lipinski definition) is 0. The van der Waals surface area contributed by atoms with Crippen LogP contribution in [0.1, 0.15) is 18.4 Å². The van der Waals surface area contributed by atoms with Crippen molar-refractivity contribution in [2.75, 3.05) is 34.0 Å². The summed E-state index contributed by atoms with van der Waals surface area (Å²) in [7, 11) is -7.74. The van der Waals surface area contributed by atoms with E-state index in [0.717, 1.165) is 30.9 Å². The zero-order chi connectivity index (χ0) is 34.6. The molecule has 0 N–H and O–H groups in total. The lowest BCUT2D eigenvalue weighted by Gasteiger charge is -2.21. The van der Waals surface area contributed by atoms with E-state index in [1.807, 2.05) is 29.2 Å². The number of halogens is 3. The Labute approximate surface area is 264 Å². The number of alkyl halides is 3. The number of methoxy groups -OCH3 is 2. The number of esters is 1. The molecule has 0 aromatic heterocycles. The fraction of sp³-hybridized carbons (Fsp3) is 0.704. The van der Waals surface area contributed by atoms with E-state index in [9.17, 15) is 31.2 Å². The van der Waals surface area contributed by atoms with Crippen LogP contribution < -0.4 is 4.74 Å². The summed E-state index contributed by atoms with van der Waals surface area (Å²) in [6, 6.07) is 7.12. The summed E-state index contributed by atoms with van der Waals surface area (Å²) in [5.41, 5.74) is -4.28. The van der Waals surface area contributed by atoms with Crippen molar-refractivity contribution in [2.24, 2.45) is 0 Å². The maximum Gasteiger partial charge on any atom is 0.522 e. The van der Waals surface area contributed by atoms with Crippen molar-refractivity contribution in [2.45, 2.75) is 89.9 Å². The molecule has 1 aliphatic heterocycles. The predicted octanol–water partition coefficient (Wildman–Crippen LogP) is 5.78. The molecule has 44 heavy (non-hydrogen) atoms. The minimum absolute atomic E-state index is 0.0731. The van der Waals surface area contributed by atoms with Gasteiger partial charge in [-0.15, -0.1) is 0 Å². The molecule has 0 aliphatic carbocycles. The number of Topliss-reactive ketones (excluding diaryl/α,β-unsaturated/α-hetero) is 1. The highest BCUT2D eigenvalue weighted by Crippen LogP contribution is 2.27. The van der Waals surface area contributed by atoms with E-state index in [4.69, 9.17) is 18.3 Å². The smallest absolute Gasteiger partial charge is 0.497 e. The van der Waals surface area contributed by atoms with Crippen molar-refractivity contribution >= 4 is 46.8 Å². The van der Waals surface area contributed by atoms with Crippen LogP contribution in [0, 0.1) is 0 Å². The Kier molecular flexibility index (Phi) is 17.3. The van der Waals surface area contributed by atoms with Gasteiger partial charge in [-0.05, 0) is 83.0 Å². The third kappa shape index (κ3) is 19.0. The van der Waals surface area contributed by atoms with Gasteiger partial charge in [-0.1, -0.05) is 12.1 Å². The fourth-order valence-corrected chi connectivity index (χ4v) is 7.96. The average Bonchev–Trinajstić information content (AvgIpc) is 3.21. The number of rotatable bonds is 12. The van der Waals surface area contributed by atoms with E-state index in [1.165, 1.54) is 26.8 Å². The lowest BCUT2D eigenvalue weighted by molar-refractivity contribution is -0.146. The molecule has 0 saturated carbocycles. The third-order valence-electron chi connectivity index (χ3n) is 5.26. The van der Waals surface area contributed by atoms with Crippen molar-refractivity contribution < 1.29 is 53.4 Å². The molecule has 1 atom stereocenters. The minimum Gasteiger partial charge on any atom is -0.497 e. The van der Waals surface area contributed by atoms with Gasteiger partial charge in [-0.3, -0.25) is 14.5 Å². The molecule has 0 spiro atoms. The number of ether oxygens (including phenoxy) is 2. The zero-order valence-electron chi connectivity index (χ0n) is 27.8. The number of carbonyl (C=O) groups excluding carboxylic acids is 2. The monoisotopic (exact) mass is 705 g/mol. The van der Waals surface area contributed by atoms with Crippen LogP contribution in [-0.4, -0.2) is 95.6 Å². The first kappa shape index (κ1) is 42.4.